The van der Waals surface area contributed by atoms with Crippen LogP contribution in [-0.2, 0) is 22.7 Å². The van der Waals surface area contributed by atoms with Crippen LogP contribution < -0.4 is 5.32 Å². The van der Waals surface area contributed by atoms with Crippen LogP contribution in [0.3, 0.4) is 0 Å². The van der Waals surface area contributed by atoms with Crippen molar-refractivity contribution in [3.63, 3.8) is 0 Å². The molecule has 1 heterocycles. The van der Waals surface area contributed by atoms with Crippen LogP contribution in [0.1, 0.15) is 50.2 Å². The molecule has 126 valence electrons. The van der Waals surface area contributed by atoms with Crippen molar-refractivity contribution in [3.05, 3.63) is 35.4 Å². The van der Waals surface area contributed by atoms with Gasteiger partial charge in [0.05, 0.1) is 6.61 Å². The van der Waals surface area contributed by atoms with Crippen LogP contribution in [0, 0.1) is 0 Å². The van der Waals surface area contributed by atoms with Crippen LogP contribution in [0.5, 0.6) is 0 Å². The molecule has 1 aromatic carbocycles. The molecule has 1 unspecified atom stereocenters. The number of carbonyl (C=O) groups is 2. The van der Waals surface area contributed by atoms with E-state index in [9.17, 15) is 14.7 Å². The Hall–Kier alpha value is -1.88. The summed E-state index contributed by atoms with van der Waals surface area (Å²) >= 11 is 0. The zero-order chi connectivity index (χ0) is 16.7. The minimum absolute atomic E-state index is 0.0451. The molecule has 5 heteroatoms. The lowest BCUT2D eigenvalue weighted by molar-refractivity contribution is -0.142. The molecule has 0 saturated carbocycles. The number of piperidine rings is 1. The molecule has 0 radical (unpaired) electrons. The van der Waals surface area contributed by atoms with E-state index in [1.165, 1.54) is 0 Å². The Morgan fingerprint density at radius 2 is 2.00 bits per heavy atom. The molecule has 1 aromatic rings. The molecular weight excluding hydrogens is 292 g/mol. The second kappa shape index (κ2) is 8.67. The van der Waals surface area contributed by atoms with Crippen molar-refractivity contribution < 1.29 is 14.7 Å². The molecule has 2 rings (SSSR count). The Morgan fingerprint density at radius 3 is 2.70 bits per heavy atom. The lowest BCUT2D eigenvalue weighted by Gasteiger charge is -2.34. The SMILES string of the molecule is CCCC(=O)N1CCCCC1C(=O)NCc1ccccc1CO. The Balaban J connectivity index is 1.99. The van der Waals surface area contributed by atoms with Gasteiger partial charge in [-0.2, -0.15) is 0 Å². The normalized spacial score (nSPS) is 17.8. The Morgan fingerprint density at radius 1 is 1.26 bits per heavy atom. The van der Waals surface area contributed by atoms with E-state index in [1.54, 1.807) is 4.90 Å². The summed E-state index contributed by atoms with van der Waals surface area (Å²) in [5.41, 5.74) is 1.72. The largest absolute Gasteiger partial charge is 0.392 e. The molecule has 0 spiro atoms. The van der Waals surface area contributed by atoms with E-state index in [4.69, 9.17) is 0 Å². The summed E-state index contributed by atoms with van der Waals surface area (Å²) in [7, 11) is 0. The molecule has 2 amide bonds. The Labute approximate surface area is 137 Å². The van der Waals surface area contributed by atoms with Crippen LogP contribution in [-0.4, -0.2) is 34.4 Å². The number of likely N-dealkylation sites (tertiary alicyclic amines) is 1. The highest BCUT2D eigenvalue weighted by Crippen LogP contribution is 2.19. The van der Waals surface area contributed by atoms with Crippen molar-refractivity contribution in [1.82, 2.24) is 10.2 Å². The van der Waals surface area contributed by atoms with Gasteiger partial charge in [-0.1, -0.05) is 31.2 Å². The third-order valence-electron chi connectivity index (χ3n) is 4.33. The van der Waals surface area contributed by atoms with E-state index >= 15 is 0 Å². The van der Waals surface area contributed by atoms with E-state index in [0.29, 0.717) is 19.5 Å². The number of amides is 2. The average Bonchev–Trinajstić information content (AvgIpc) is 2.60. The molecule has 0 bridgehead atoms. The van der Waals surface area contributed by atoms with Gasteiger partial charge in [-0.25, -0.2) is 0 Å². The molecule has 1 saturated heterocycles. The fourth-order valence-electron chi connectivity index (χ4n) is 3.04. The number of aliphatic hydroxyl groups excluding tert-OH is 1. The number of hydrogen-bond acceptors (Lipinski definition) is 3. The van der Waals surface area contributed by atoms with Crippen LogP contribution >= 0.6 is 0 Å². The van der Waals surface area contributed by atoms with Gasteiger partial charge in [0, 0.05) is 19.5 Å². The topological polar surface area (TPSA) is 69.6 Å². The van der Waals surface area contributed by atoms with Gasteiger partial charge in [0.2, 0.25) is 11.8 Å². The Bertz CT molecular complexity index is 545. The molecule has 1 aliphatic rings. The lowest BCUT2D eigenvalue weighted by atomic mass is 10.00. The highest BCUT2D eigenvalue weighted by molar-refractivity contribution is 5.87. The summed E-state index contributed by atoms with van der Waals surface area (Å²) in [5.74, 6) is -0.0231. The molecule has 23 heavy (non-hydrogen) atoms. The fourth-order valence-corrected chi connectivity index (χ4v) is 3.04. The first-order valence-corrected chi connectivity index (χ1v) is 8.42. The van der Waals surface area contributed by atoms with Crippen molar-refractivity contribution in [3.8, 4) is 0 Å². The number of hydrogen-bond donors (Lipinski definition) is 2. The van der Waals surface area contributed by atoms with Gasteiger partial charge in [0.15, 0.2) is 0 Å². The molecule has 1 aliphatic heterocycles. The minimum Gasteiger partial charge on any atom is -0.392 e. The summed E-state index contributed by atoms with van der Waals surface area (Å²) in [6.07, 6.45) is 3.96. The van der Waals surface area contributed by atoms with E-state index in [0.717, 1.165) is 36.8 Å². The number of rotatable bonds is 6. The van der Waals surface area contributed by atoms with E-state index < -0.39 is 0 Å². The van der Waals surface area contributed by atoms with Gasteiger partial charge < -0.3 is 15.3 Å². The summed E-state index contributed by atoms with van der Waals surface area (Å²) in [4.78, 5) is 26.5. The monoisotopic (exact) mass is 318 g/mol. The fraction of sp³-hybridized carbons (Fsp3) is 0.556. The van der Waals surface area contributed by atoms with Crippen molar-refractivity contribution in [2.24, 2.45) is 0 Å². The second-order valence-corrected chi connectivity index (χ2v) is 5.99. The predicted octanol–water partition coefficient (Wildman–Crippen LogP) is 1.98. The second-order valence-electron chi connectivity index (χ2n) is 5.99. The maximum Gasteiger partial charge on any atom is 0.243 e. The summed E-state index contributed by atoms with van der Waals surface area (Å²) in [6, 6.07) is 7.14. The molecule has 5 nitrogen and oxygen atoms in total. The van der Waals surface area contributed by atoms with E-state index in [1.807, 2.05) is 31.2 Å². The smallest absolute Gasteiger partial charge is 0.243 e. The van der Waals surface area contributed by atoms with Gasteiger partial charge in [-0.3, -0.25) is 9.59 Å². The number of nitrogens with one attached hydrogen (secondary N) is 1. The third-order valence-corrected chi connectivity index (χ3v) is 4.33. The highest BCUT2D eigenvalue weighted by Gasteiger charge is 2.31. The van der Waals surface area contributed by atoms with Crippen molar-refractivity contribution >= 4 is 11.8 Å². The van der Waals surface area contributed by atoms with Gasteiger partial charge in [0.25, 0.3) is 0 Å². The first-order chi connectivity index (χ1) is 11.2. The first kappa shape index (κ1) is 17.5. The van der Waals surface area contributed by atoms with E-state index in [-0.39, 0.29) is 24.5 Å². The quantitative estimate of drug-likeness (QED) is 0.842. The zero-order valence-corrected chi connectivity index (χ0v) is 13.8. The lowest BCUT2D eigenvalue weighted by Crippen LogP contribution is -2.51. The van der Waals surface area contributed by atoms with Crippen LogP contribution in [0.2, 0.25) is 0 Å². The minimum atomic E-state index is -0.357. The first-order valence-electron chi connectivity index (χ1n) is 8.42. The highest BCUT2D eigenvalue weighted by atomic mass is 16.3. The summed E-state index contributed by atoms with van der Waals surface area (Å²) < 4.78 is 0. The Kier molecular flexibility index (Phi) is 6.59. The number of benzene rings is 1. The molecule has 0 aromatic heterocycles. The van der Waals surface area contributed by atoms with Crippen molar-refractivity contribution in [2.45, 2.75) is 58.2 Å². The summed E-state index contributed by atoms with van der Waals surface area (Å²) in [5, 5.41) is 12.3. The molecular formula is C18H26N2O3. The number of nitrogens with zero attached hydrogens (tertiary/aromatic N) is 1. The molecule has 2 N–H and O–H groups in total. The van der Waals surface area contributed by atoms with Crippen molar-refractivity contribution in [2.75, 3.05) is 6.54 Å². The maximum atomic E-state index is 12.5. The zero-order valence-electron chi connectivity index (χ0n) is 13.8. The summed E-state index contributed by atoms with van der Waals surface area (Å²) in [6.45, 7) is 2.98. The van der Waals surface area contributed by atoms with Gasteiger partial charge in [0.1, 0.15) is 6.04 Å². The molecule has 1 atom stereocenters. The predicted molar refractivity (Wildman–Crippen MR) is 88.5 cm³/mol. The molecule has 1 fully saturated rings. The van der Waals surface area contributed by atoms with Crippen LogP contribution in [0.4, 0.5) is 0 Å². The number of aliphatic hydroxyl groups is 1. The van der Waals surface area contributed by atoms with Crippen LogP contribution in [0.25, 0.3) is 0 Å². The van der Waals surface area contributed by atoms with Crippen LogP contribution in [0.15, 0.2) is 24.3 Å². The van der Waals surface area contributed by atoms with Gasteiger partial charge in [-0.05, 0) is 36.8 Å². The van der Waals surface area contributed by atoms with Crippen molar-refractivity contribution in [1.29, 1.82) is 0 Å². The molecule has 0 aliphatic carbocycles. The third kappa shape index (κ3) is 4.55. The van der Waals surface area contributed by atoms with Gasteiger partial charge >= 0.3 is 0 Å². The van der Waals surface area contributed by atoms with Gasteiger partial charge in [-0.15, -0.1) is 0 Å². The number of carbonyl (C=O) groups excluding carboxylic acids is 2. The van der Waals surface area contributed by atoms with E-state index in [2.05, 4.69) is 5.32 Å². The average molecular weight is 318 g/mol. The standard InChI is InChI=1S/C18H26N2O3/c1-2-7-17(22)20-11-6-5-10-16(20)18(23)19-12-14-8-3-4-9-15(14)13-21/h3-4,8-9,16,21H,2,5-7,10-13H2,1H3,(H,19,23). The maximum absolute atomic E-state index is 12.5.